The molecule has 3 rings (SSSR count). The van der Waals surface area contributed by atoms with Crippen LogP contribution in [0.5, 0.6) is 0 Å². The fraction of sp³-hybridized carbons (Fsp3) is 0. The van der Waals surface area contributed by atoms with Crippen molar-refractivity contribution in [1.82, 2.24) is 30.8 Å². The monoisotopic (exact) mass is 201 g/mol. The summed E-state index contributed by atoms with van der Waals surface area (Å²) in [5.74, 6) is 1.04. The molecule has 2 aromatic heterocycles. The van der Waals surface area contributed by atoms with E-state index >= 15 is 0 Å². The molecule has 0 fully saturated rings. The van der Waals surface area contributed by atoms with E-state index in [0.29, 0.717) is 11.6 Å². The lowest BCUT2D eigenvalue weighted by molar-refractivity contribution is 0.881. The molecule has 0 spiro atoms. The number of tetrazole rings is 1. The van der Waals surface area contributed by atoms with E-state index in [4.69, 9.17) is 5.73 Å². The Morgan fingerprint density at radius 2 is 2.13 bits per heavy atom. The Morgan fingerprint density at radius 3 is 2.93 bits per heavy atom. The molecule has 0 radical (unpaired) electrons. The Hall–Kier alpha value is -2.44. The Bertz CT molecular complexity index is 595. The summed E-state index contributed by atoms with van der Waals surface area (Å²) in [6.45, 7) is 0. The molecule has 74 valence electrons. The van der Waals surface area contributed by atoms with Crippen molar-refractivity contribution in [2.45, 2.75) is 0 Å². The molecule has 0 unspecified atom stereocenters. The van der Waals surface area contributed by atoms with E-state index in [1.165, 1.54) is 0 Å². The van der Waals surface area contributed by atoms with E-state index in [9.17, 15) is 0 Å². The van der Waals surface area contributed by atoms with Gasteiger partial charge in [0.25, 0.3) is 0 Å². The maximum absolute atomic E-state index is 5.65. The van der Waals surface area contributed by atoms with Gasteiger partial charge >= 0.3 is 0 Å². The van der Waals surface area contributed by atoms with Gasteiger partial charge in [-0.2, -0.15) is 10.3 Å². The van der Waals surface area contributed by atoms with Crippen LogP contribution in [0.2, 0.25) is 0 Å². The van der Waals surface area contributed by atoms with Crippen molar-refractivity contribution in [3.05, 3.63) is 18.2 Å². The number of aromatic amines is 2. The van der Waals surface area contributed by atoms with Gasteiger partial charge in [-0.1, -0.05) is 6.07 Å². The van der Waals surface area contributed by atoms with E-state index in [0.717, 1.165) is 16.5 Å². The summed E-state index contributed by atoms with van der Waals surface area (Å²) < 4.78 is 0. The van der Waals surface area contributed by atoms with E-state index in [2.05, 4.69) is 30.8 Å². The zero-order valence-electron chi connectivity index (χ0n) is 7.60. The number of nitrogen functional groups attached to an aromatic ring is 1. The highest BCUT2D eigenvalue weighted by Gasteiger charge is 2.06. The third-order valence-electron chi connectivity index (χ3n) is 2.20. The highest BCUT2D eigenvalue weighted by Crippen LogP contribution is 2.22. The molecule has 0 aliphatic heterocycles. The SMILES string of the molecule is Nc1n[nH]c2cc(-c3nn[nH]n3)ccc12. The fourth-order valence-electron chi connectivity index (χ4n) is 1.46. The van der Waals surface area contributed by atoms with Crippen LogP contribution in [0.4, 0.5) is 5.82 Å². The number of benzene rings is 1. The number of aromatic nitrogens is 6. The lowest BCUT2D eigenvalue weighted by Crippen LogP contribution is -1.84. The van der Waals surface area contributed by atoms with Crippen LogP contribution in [0.15, 0.2) is 18.2 Å². The Kier molecular flexibility index (Phi) is 1.46. The van der Waals surface area contributed by atoms with Crippen LogP contribution in [0.25, 0.3) is 22.3 Å². The highest BCUT2D eigenvalue weighted by molar-refractivity contribution is 5.91. The van der Waals surface area contributed by atoms with Crippen molar-refractivity contribution < 1.29 is 0 Å². The number of rotatable bonds is 1. The van der Waals surface area contributed by atoms with Crippen LogP contribution in [0.3, 0.4) is 0 Å². The first-order valence-corrected chi connectivity index (χ1v) is 4.32. The number of nitrogens with one attached hydrogen (secondary N) is 2. The summed E-state index contributed by atoms with van der Waals surface area (Å²) in [5, 5.41) is 21.3. The summed E-state index contributed by atoms with van der Waals surface area (Å²) in [5.41, 5.74) is 7.37. The van der Waals surface area contributed by atoms with Crippen LogP contribution in [0.1, 0.15) is 0 Å². The van der Waals surface area contributed by atoms with E-state index in [1.54, 1.807) is 0 Å². The topological polar surface area (TPSA) is 109 Å². The largest absolute Gasteiger partial charge is 0.382 e. The molecule has 3 aromatic rings. The zero-order valence-corrected chi connectivity index (χ0v) is 7.60. The normalized spacial score (nSPS) is 10.9. The molecule has 4 N–H and O–H groups in total. The highest BCUT2D eigenvalue weighted by atomic mass is 15.5. The van der Waals surface area contributed by atoms with Gasteiger partial charge in [-0.3, -0.25) is 5.10 Å². The number of fused-ring (bicyclic) bond motifs is 1. The molecular formula is C8H7N7. The molecule has 7 nitrogen and oxygen atoms in total. The number of nitrogens with zero attached hydrogens (tertiary/aromatic N) is 4. The second-order valence-corrected chi connectivity index (χ2v) is 3.10. The average Bonchev–Trinajstić information content (AvgIpc) is 2.88. The smallest absolute Gasteiger partial charge is 0.204 e. The van der Waals surface area contributed by atoms with Crippen molar-refractivity contribution in [2.24, 2.45) is 0 Å². The third kappa shape index (κ3) is 1.13. The summed E-state index contributed by atoms with van der Waals surface area (Å²) in [7, 11) is 0. The van der Waals surface area contributed by atoms with Gasteiger partial charge in [-0.25, -0.2) is 0 Å². The van der Waals surface area contributed by atoms with E-state index in [-0.39, 0.29) is 0 Å². The van der Waals surface area contributed by atoms with Gasteiger partial charge in [-0.05, 0) is 17.3 Å². The molecule has 0 amide bonds. The summed E-state index contributed by atoms with van der Waals surface area (Å²) in [4.78, 5) is 0. The average molecular weight is 201 g/mol. The Morgan fingerprint density at radius 1 is 1.20 bits per heavy atom. The second-order valence-electron chi connectivity index (χ2n) is 3.10. The molecule has 0 aliphatic rings. The Balaban J connectivity index is 2.23. The van der Waals surface area contributed by atoms with Gasteiger partial charge in [0.2, 0.25) is 5.82 Å². The quantitative estimate of drug-likeness (QED) is 0.525. The predicted octanol–water partition coefficient (Wildman–Crippen LogP) is 0.325. The predicted molar refractivity (Wildman–Crippen MR) is 53.7 cm³/mol. The Labute approximate surface area is 83.7 Å². The van der Waals surface area contributed by atoms with E-state index < -0.39 is 0 Å². The summed E-state index contributed by atoms with van der Waals surface area (Å²) in [6, 6.07) is 5.63. The van der Waals surface area contributed by atoms with Crippen molar-refractivity contribution in [3.8, 4) is 11.4 Å². The van der Waals surface area contributed by atoms with Gasteiger partial charge in [0.15, 0.2) is 5.82 Å². The van der Waals surface area contributed by atoms with Gasteiger partial charge in [-0.15, -0.1) is 10.2 Å². The molecule has 0 atom stereocenters. The third-order valence-corrected chi connectivity index (χ3v) is 2.20. The van der Waals surface area contributed by atoms with Gasteiger partial charge in [0.1, 0.15) is 0 Å². The summed E-state index contributed by atoms with van der Waals surface area (Å²) in [6.07, 6.45) is 0. The number of hydrogen-bond donors (Lipinski definition) is 3. The molecule has 15 heavy (non-hydrogen) atoms. The lowest BCUT2D eigenvalue weighted by atomic mass is 10.1. The molecule has 7 heteroatoms. The molecule has 2 heterocycles. The second kappa shape index (κ2) is 2.77. The molecule has 0 saturated carbocycles. The van der Waals surface area contributed by atoms with Crippen LogP contribution in [0, 0.1) is 0 Å². The number of H-pyrrole nitrogens is 2. The first kappa shape index (κ1) is 7.92. The maximum Gasteiger partial charge on any atom is 0.204 e. The van der Waals surface area contributed by atoms with Crippen LogP contribution in [-0.2, 0) is 0 Å². The molecule has 0 saturated heterocycles. The van der Waals surface area contributed by atoms with E-state index in [1.807, 2.05) is 18.2 Å². The number of nitrogens with two attached hydrogens (primary N) is 1. The minimum atomic E-state index is 0.490. The first-order chi connectivity index (χ1) is 7.34. The van der Waals surface area contributed by atoms with Gasteiger partial charge < -0.3 is 5.73 Å². The fourth-order valence-corrected chi connectivity index (χ4v) is 1.46. The molecule has 0 aliphatic carbocycles. The van der Waals surface area contributed by atoms with Crippen molar-refractivity contribution in [2.75, 3.05) is 5.73 Å². The van der Waals surface area contributed by atoms with Gasteiger partial charge in [0, 0.05) is 10.9 Å². The minimum Gasteiger partial charge on any atom is -0.382 e. The molecule has 1 aromatic carbocycles. The lowest BCUT2D eigenvalue weighted by Gasteiger charge is -1.94. The minimum absolute atomic E-state index is 0.490. The maximum atomic E-state index is 5.65. The van der Waals surface area contributed by atoms with Crippen LogP contribution < -0.4 is 5.73 Å². The van der Waals surface area contributed by atoms with Crippen LogP contribution >= 0.6 is 0 Å². The molecular weight excluding hydrogens is 194 g/mol. The summed E-state index contributed by atoms with van der Waals surface area (Å²) >= 11 is 0. The van der Waals surface area contributed by atoms with Crippen LogP contribution in [-0.4, -0.2) is 30.8 Å². The zero-order chi connectivity index (χ0) is 10.3. The van der Waals surface area contributed by atoms with Gasteiger partial charge in [0.05, 0.1) is 5.52 Å². The van der Waals surface area contributed by atoms with Crippen molar-refractivity contribution in [1.29, 1.82) is 0 Å². The number of hydrogen-bond acceptors (Lipinski definition) is 5. The number of anilines is 1. The molecule has 0 bridgehead atoms. The first-order valence-electron chi connectivity index (χ1n) is 4.32. The van der Waals surface area contributed by atoms with Crippen molar-refractivity contribution in [3.63, 3.8) is 0 Å². The standard InChI is InChI=1S/C8H7N7/c9-7-5-2-1-4(3-6(5)10-11-7)8-12-14-15-13-8/h1-3H,(H3,9,10,11)(H,12,13,14,15). The van der Waals surface area contributed by atoms with Crippen molar-refractivity contribution >= 4 is 16.7 Å².